The summed E-state index contributed by atoms with van der Waals surface area (Å²) in [6.07, 6.45) is 1.73. The topological polar surface area (TPSA) is 43.7 Å². The normalized spacial score (nSPS) is 10.3. The number of hydrogen-bond donors (Lipinski definition) is 2. The lowest BCUT2D eigenvalue weighted by Gasteiger charge is -2.18. The molecule has 0 aliphatic carbocycles. The van der Waals surface area contributed by atoms with Crippen molar-refractivity contribution in [1.82, 2.24) is 0 Å². The summed E-state index contributed by atoms with van der Waals surface area (Å²) in [6, 6.07) is 8.22. The smallest absolute Gasteiger partial charge is 0.0606 e. The van der Waals surface area contributed by atoms with Crippen LogP contribution in [0, 0.1) is 0 Å². The van der Waals surface area contributed by atoms with E-state index >= 15 is 0 Å². The van der Waals surface area contributed by atoms with Crippen molar-refractivity contribution in [1.29, 1.82) is 0 Å². The maximum absolute atomic E-state index is 8.80. The number of benzene rings is 1. The fourth-order valence-corrected chi connectivity index (χ4v) is 1.48. The first-order valence-corrected chi connectivity index (χ1v) is 5.29. The average Bonchev–Trinajstić information content (AvgIpc) is 2.27. The maximum atomic E-state index is 8.80. The van der Waals surface area contributed by atoms with E-state index in [1.54, 1.807) is 0 Å². The van der Waals surface area contributed by atoms with E-state index in [9.17, 15) is 0 Å². The van der Waals surface area contributed by atoms with Gasteiger partial charge in [-0.1, -0.05) is 12.1 Å². The largest absolute Gasteiger partial charge is 0.396 e. The minimum atomic E-state index is 0.169. The monoisotopic (exact) mass is 209 g/mol. The van der Waals surface area contributed by atoms with Gasteiger partial charge in [-0.3, -0.25) is 0 Å². The Labute approximate surface area is 91.0 Å². The van der Waals surface area contributed by atoms with Crippen molar-refractivity contribution in [2.24, 2.45) is 0 Å². The summed E-state index contributed by atoms with van der Waals surface area (Å²) in [5.74, 6) is 0. The summed E-state index contributed by atoms with van der Waals surface area (Å²) >= 11 is 0. The lowest BCUT2D eigenvalue weighted by molar-refractivity contribution is 0.288. The second-order valence-electron chi connectivity index (χ2n) is 3.64. The molecule has 1 rings (SSSR count). The van der Waals surface area contributed by atoms with Gasteiger partial charge in [0.1, 0.15) is 0 Å². The van der Waals surface area contributed by atoms with Crippen LogP contribution in [0.25, 0.3) is 0 Å². The molecule has 0 unspecified atom stereocenters. The molecule has 15 heavy (non-hydrogen) atoms. The van der Waals surface area contributed by atoms with Gasteiger partial charge in [0.05, 0.1) is 6.61 Å². The van der Waals surface area contributed by atoms with Gasteiger partial charge in [-0.15, -0.1) is 0 Å². The molecule has 84 valence electrons. The molecule has 0 atom stereocenters. The third kappa shape index (κ3) is 3.90. The number of aliphatic hydroxyl groups excluding tert-OH is 2. The summed E-state index contributed by atoms with van der Waals surface area (Å²) < 4.78 is 0. The Morgan fingerprint density at radius 3 is 2.27 bits per heavy atom. The third-order valence-corrected chi connectivity index (χ3v) is 2.44. The minimum Gasteiger partial charge on any atom is -0.396 e. The van der Waals surface area contributed by atoms with E-state index in [0.717, 1.165) is 18.5 Å². The first-order valence-electron chi connectivity index (χ1n) is 5.29. The number of likely N-dealkylation sites (N-methyl/N-ethyl adjacent to an activating group) is 1. The van der Waals surface area contributed by atoms with Crippen LogP contribution in [0.2, 0.25) is 0 Å². The first-order chi connectivity index (χ1) is 7.27. The molecule has 1 aromatic rings. The molecule has 0 heterocycles. The standard InChI is InChI=1S/C12H19NO2/c1-13(8-10-15)12-6-4-11(5-7-12)3-2-9-14/h4-7,14-15H,2-3,8-10H2,1H3. The predicted molar refractivity (Wildman–Crippen MR) is 62.2 cm³/mol. The van der Waals surface area contributed by atoms with Crippen LogP contribution in [0.5, 0.6) is 0 Å². The highest BCUT2D eigenvalue weighted by Gasteiger charge is 1.99. The van der Waals surface area contributed by atoms with E-state index in [4.69, 9.17) is 10.2 Å². The van der Waals surface area contributed by atoms with Crippen molar-refractivity contribution in [2.75, 3.05) is 31.7 Å². The van der Waals surface area contributed by atoms with Gasteiger partial charge in [0.2, 0.25) is 0 Å². The Morgan fingerprint density at radius 2 is 1.73 bits per heavy atom. The van der Waals surface area contributed by atoms with Crippen LogP contribution in [0.4, 0.5) is 5.69 Å². The van der Waals surface area contributed by atoms with Crippen molar-refractivity contribution >= 4 is 5.69 Å². The Hall–Kier alpha value is -1.06. The van der Waals surface area contributed by atoms with Gasteiger partial charge < -0.3 is 15.1 Å². The molecular weight excluding hydrogens is 190 g/mol. The molecule has 0 amide bonds. The van der Waals surface area contributed by atoms with E-state index in [2.05, 4.69) is 12.1 Å². The molecule has 2 N–H and O–H groups in total. The van der Waals surface area contributed by atoms with Crippen molar-refractivity contribution in [3.05, 3.63) is 29.8 Å². The Kier molecular flexibility index (Phi) is 5.15. The zero-order valence-corrected chi connectivity index (χ0v) is 9.19. The molecule has 3 nitrogen and oxygen atoms in total. The van der Waals surface area contributed by atoms with Gasteiger partial charge >= 0.3 is 0 Å². The minimum absolute atomic E-state index is 0.169. The molecule has 0 bridgehead atoms. The molecule has 0 saturated heterocycles. The SMILES string of the molecule is CN(CCO)c1ccc(CCCO)cc1. The van der Waals surface area contributed by atoms with Crippen LogP contribution in [-0.2, 0) is 6.42 Å². The summed E-state index contributed by atoms with van der Waals surface area (Å²) in [5, 5.41) is 17.5. The number of hydrogen-bond acceptors (Lipinski definition) is 3. The third-order valence-electron chi connectivity index (χ3n) is 2.44. The molecule has 0 radical (unpaired) electrons. The van der Waals surface area contributed by atoms with Gasteiger partial charge in [0.25, 0.3) is 0 Å². The fraction of sp³-hybridized carbons (Fsp3) is 0.500. The second-order valence-corrected chi connectivity index (χ2v) is 3.64. The number of aliphatic hydroxyl groups is 2. The molecule has 0 fully saturated rings. The van der Waals surface area contributed by atoms with Gasteiger partial charge in [-0.05, 0) is 30.5 Å². The van der Waals surface area contributed by atoms with Gasteiger partial charge in [-0.2, -0.15) is 0 Å². The summed E-state index contributed by atoms with van der Waals surface area (Å²) in [7, 11) is 1.96. The Balaban J connectivity index is 2.55. The van der Waals surface area contributed by atoms with Crippen LogP contribution in [0.15, 0.2) is 24.3 Å². The van der Waals surface area contributed by atoms with Crippen LogP contribution >= 0.6 is 0 Å². The van der Waals surface area contributed by atoms with Crippen LogP contribution in [0.1, 0.15) is 12.0 Å². The Bertz CT molecular complexity index is 271. The highest BCUT2D eigenvalue weighted by Crippen LogP contribution is 2.14. The van der Waals surface area contributed by atoms with Crippen LogP contribution in [-0.4, -0.2) is 37.0 Å². The highest BCUT2D eigenvalue weighted by atomic mass is 16.3. The lowest BCUT2D eigenvalue weighted by atomic mass is 10.1. The molecular formula is C12H19NO2. The summed E-state index contributed by atoms with van der Waals surface area (Å²) in [4.78, 5) is 2.01. The lowest BCUT2D eigenvalue weighted by Crippen LogP contribution is -2.20. The zero-order chi connectivity index (χ0) is 11.1. The predicted octanol–water partition coefficient (Wildman–Crippen LogP) is 1.04. The van der Waals surface area contributed by atoms with Crippen molar-refractivity contribution in [3.8, 4) is 0 Å². The number of aryl methyl sites for hydroxylation is 1. The van der Waals surface area contributed by atoms with E-state index in [-0.39, 0.29) is 13.2 Å². The van der Waals surface area contributed by atoms with Gasteiger partial charge in [0, 0.05) is 25.9 Å². The van der Waals surface area contributed by atoms with Crippen LogP contribution in [0.3, 0.4) is 0 Å². The van der Waals surface area contributed by atoms with Crippen molar-refractivity contribution in [3.63, 3.8) is 0 Å². The number of anilines is 1. The first kappa shape index (κ1) is 12.0. The summed E-state index contributed by atoms with van der Waals surface area (Å²) in [6.45, 7) is 1.06. The number of rotatable bonds is 6. The summed E-state index contributed by atoms with van der Waals surface area (Å²) in [5.41, 5.74) is 2.35. The Morgan fingerprint density at radius 1 is 1.07 bits per heavy atom. The van der Waals surface area contributed by atoms with E-state index in [1.165, 1.54) is 5.56 Å². The average molecular weight is 209 g/mol. The molecule has 0 saturated carbocycles. The van der Waals surface area contributed by atoms with Gasteiger partial charge in [-0.25, -0.2) is 0 Å². The fourth-order valence-electron chi connectivity index (χ4n) is 1.48. The zero-order valence-electron chi connectivity index (χ0n) is 9.19. The maximum Gasteiger partial charge on any atom is 0.0606 e. The van der Waals surface area contributed by atoms with Crippen LogP contribution < -0.4 is 4.90 Å². The van der Waals surface area contributed by atoms with Crippen molar-refractivity contribution in [2.45, 2.75) is 12.8 Å². The quantitative estimate of drug-likeness (QED) is 0.735. The highest BCUT2D eigenvalue weighted by molar-refractivity contribution is 5.46. The van der Waals surface area contributed by atoms with E-state index in [0.29, 0.717) is 6.54 Å². The molecule has 3 heteroatoms. The van der Waals surface area contributed by atoms with E-state index < -0.39 is 0 Å². The number of nitrogens with zero attached hydrogens (tertiary/aromatic N) is 1. The molecule has 0 spiro atoms. The van der Waals surface area contributed by atoms with E-state index in [1.807, 2.05) is 24.1 Å². The molecule has 0 aliphatic rings. The second kappa shape index (κ2) is 6.43. The van der Waals surface area contributed by atoms with Crippen molar-refractivity contribution < 1.29 is 10.2 Å². The molecule has 0 aromatic heterocycles. The van der Waals surface area contributed by atoms with Gasteiger partial charge in [0.15, 0.2) is 0 Å². The molecule has 1 aromatic carbocycles. The molecule has 0 aliphatic heterocycles.